The van der Waals surface area contributed by atoms with Crippen molar-refractivity contribution in [1.29, 1.82) is 0 Å². The Labute approximate surface area is 109 Å². The molecule has 2 fully saturated rings. The van der Waals surface area contributed by atoms with E-state index in [1.54, 1.807) is 6.07 Å². The quantitative estimate of drug-likeness (QED) is 0.820. The van der Waals surface area contributed by atoms with Gasteiger partial charge in [-0.1, -0.05) is 31.7 Å². The molecule has 0 aliphatic heterocycles. The first-order valence-corrected chi connectivity index (χ1v) is 7.37. The van der Waals surface area contributed by atoms with E-state index in [2.05, 4.69) is 5.32 Å². The number of fused-ring (bicyclic) bond motifs is 1. The molecule has 0 aromatic heterocycles. The summed E-state index contributed by atoms with van der Waals surface area (Å²) in [6.45, 7) is 0. The van der Waals surface area contributed by atoms with E-state index in [0.29, 0.717) is 11.8 Å². The molecule has 98 valence electrons. The van der Waals surface area contributed by atoms with Crippen LogP contribution in [-0.4, -0.2) is 11.1 Å². The molecule has 2 N–H and O–H groups in total. The van der Waals surface area contributed by atoms with Crippen molar-refractivity contribution in [3.8, 4) is 5.75 Å². The van der Waals surface area contributed by atoms with Crippen LogP contribution in [0, 0.1) is 11.8 Å². The lowest BCUT2D eigenvalue weighted by molar-refractivity contribution is 0.162. The number of rotatable bonds is 2. The van der Waals surface area contributed by atoms with Crippen molar-refractivity contribution >= 4 is 5.69 Å². The standard InChI is InChI=1S/C16H23NO/c18-16-7-3-6-14(11-16)17-15-9-8-12-4-1-2-5-13(12)10-15/h3,6-7,11-13,15,17-18H,1-2,4-5,8-10H2. The lowest BCUT2D eigenvalue weighted by atomic mass is 9.69. The van der Waals surface area contributed by atoms with Gasteiger partial charge in [-0.25, -0.2) is 0 Å². The molecular formula is C16H23NO. The molecule has 2 heteroatoms. The van der Waals surface area contributed by atoms with E-state index in [4.69, 9.17) is 0 Å². The molecule has 2 aliphatic carbocycles. The van der Waals surface area contributed by atoms with Gasteiger partial charge in [0.2, 0.25) is 0 Å². The number of phenols is 1. The van der Waals surface area contributed by atoms with Crippen molar-refractivity contribution < 1.29 is 5.11 Å². The van der Waals surface area contributed by atoms with E-state index in [0.717, 1.165) is 17.5 Å². The molecule has 18 heavy (non-hydrogen) atoms. The minimum atomic E-state index is 0.353. The maximum absolute atomic E-state index is 9.49. The number of aromatic hydroxyl groups is 1. The SMILES string of the molecule is Oc1cccc(NC2CCC3CCCCC3C2)c1. The smallest absolute Gasteiger partial charge is 0.117 e. The summed E-state index contributed by atoms with van der Waals surface area (Å²) in [4.78, 5) is 0. The monoisotopic (exact) mass is 245 g/mol. The van der Waals surface area contributed by atoms with Crippen LogP contribution in [0.3, 0.4) is 0 Å². The number of hydrogen-bond acceptors (Lipinski definition) is 2. The van der Waals surface area contributed by atoms with Crippen molar-refractivity contribution in [3.05, 3.63) is 24.3 Å². The Balaban J connectivity index is 1.61. The van der Waals surface area contributed by atoms with E-state index < -0.39 is 0 Å². The van der Waals surface area contributed by atoms with E-state index in [9.17, 15) is 5.11 Å². The van der Waals surface area contributed by atoms with E-state index >= 15 is 0 Å². The van der Waals surface area contributed by atoms with E-state index in [1.165, 1.54) is 44.9 Å². The summed E-state index contributed by atoms with van der Waals surface area (Å²) >= 11 is 0. The molecule has 0 amide bonds. The van der Waals surface area contributed by atoms with Crippen molar-refractivity contribution in [2.75, 3.05) is 5.32 Å². The maximum atomic E-state index is 9.49. The maximum Gasteiger partial charge on any atom is 0.117 e. The Bertz CT molecular complexity index is 404. The molecule has 1 aromatic carbocycles. The van der Waals surface area contributed by atoms with Gasteiger partial charge in [-0.15, -0.1) is 0 Å². The van der Waals surface area contributed by atoms with Crippen LogP contribution < -0.4 is 5.32 Å². The summed E-state index contributed by atoms with van der Waals surface area (Å²) in [5.74, 6) is 2.30. The predicted molar refractivity (Wildman–Crippen MR) is 74.8 cm³/mol. The lowest BCUT2D eigenvalue weighted by Crippen LogP contribution is -2.34. The molecule has 2 saturated carbocycles. The van der Waals surface area contributed by atoms with Gasteiger partial charge in [-0.3, -0.25) is 0 Å². The van der Waals surface area contributed by atoms with Crippen LogP contribution in [0.5, 0.6) is 5.75 Å². The van der Waals surface area contributed by atoms with Gasteiger partial charge in [-0.05, 0) is 43.2 Å². The van der Waals surface area contributed by atoms with E-state index in [-0.39, 0.29) is 0 Å². The van der Waals surface area contributed by atoms with Crippen molar-refractivity contribution in [1.82, 2.24) is 0 Å². The Morgan fingerprint density at radius 1 is 1.00 bits per heavy atom. The third-order valence-electron chi connectivity index (χ3n) is 4.76. The summed E-state index contributed by atoms with van der Waals surface area (Å²) in [5, 5.41) is 13.1. The highest BCUT2D eigenvalue weighted by Crippen LogP contribution is 2.41. The van der Waals surface area contributed by atoms with Crippen LogP contribution in [0.4, 0.5) is 5.69 Å². The van der Waals surface area contributed by atoms with Crippen LogP contribution in [-0.2, 0) is 0 Å². The highest BCUT2D eigenvalue weighted by atomic mass is 16.3. The molecule has 0 spiro atoms. The highest BCUT2D eigenvalue weighted by Gasteiger charge is 2.31. The first-order chi connectivity index (χ1) is 8.81. The van der Waals surface area contributed by atoms with Gasteiger partial charge >= 0.3 is 0 Å². The number of phenolic OH excluding ortho intramolecular Hbond substituents is 1. The zero-order valence-electron chi connectivity index (χ0n) is 10.9. The molecule has 2 nitrogen and oxygen atoms in total. The van der Waals surface area contributed by atoms with Crippen molar-refractivity contribution in [3.63, 3.8) is 0 Å². The van der Waals surface area contributed by atoms with Crippen LogP contribution in [0.2, 0.25) is 0 Å². The Morgan fingerprint density at radius 3 is 2.67 bits per heavy atom. The minimum absolute atomic E-state index is 0.353. The van der Waals surface area contributed by atoms with Gasteiger partial charge in [-0.2, -0.15) is 0 Å². The second-order valence-corrected chi connectivity index (χ2v) is 6.01. The van der Waals surface area contributed by atoms with Gasteiger partial charge in [0.05, 0.1) is 0 Å². The third kappa shape index (κ3) is 2.63. The normalized spacial score (nSPS) is 31.7. The fourth-order valence-corrected chi connectivity index (χ4v) is 3.84. The molecule has 1 aromatic rings. The molecule has 3 atom stereocenters. The Kier molecular flexibility index (Phi) is 3.44. The fraction of sp³-hybridized carbons (Fsp3) is 0.625. The largest absolute Gasteiger partial charge is 0.508 e. The summed E-state index contributed by atoms with van der Waals surface area (Å²) in [6, 6.07) is 8.11. The van der Waals surface area contributed by atoms with Crippen molar-refractivity contribution in [2.24, 2.45) is 11.8 Å². The third-order valence-corrected chi connectivity index (χ3v) is 4.76. The van der Waals surface area contributed by atoms with Crippen LogP contribution >= 0.6 is 0 Å². The van der Waals surface area contributed by atoms with Crippen LogP contribution in [0.25, 0.3) is 0 Å². The lowest BCUT2D eigenvalue weighted by Gasteiger charge is -2.39. The molecule has 0 radical (unpaired) electrons. The van der Waals surface area contributed by atoms with E-state index in [1.807, 2.05) is 18.2 Å². The summed E-state index contributed by atoms with van der Waals surface area (Å²) in [6.07, 6.45) is 9.77. The highest BCUT2D eigenvalue weighted by molar-refractivity contribution is 5.48. The summed E-state index contributed by atoms with van der Waals surface area (Å²) in [5.41, 5.74) is 1.06. The first-order valence-electron chi connectivity index (χ1n) is 7.37. The van der Waals surface area contributed by atoms with Gasteiger partial charge in [0.15, 0.2) is 0 Å². The zero-order chi connectivity index (χ0) is 12.4. The molecule has 3 rings (SSSR count). The molecule has 0 bridgehead atoms. The fourth-order valence-electron chi connectivity index (χ4n) is 3.84. The first kappa shape index (κ1) is 11.9. The number of anilines is 1. The molecule has 0 heterocycles. The predicted octanol–water partition coefficient (Wildman–Crippen LogP) is 4.16. The van der Waals surface area contributed by atoms with Gasteiger partial charge in [0.1, 0.15) is 5.75 Å². The Morgan fingerprint density at radius 2 is 1.83 bits per heavy atom. The zero-order valence-corrected chi connectivity index (χ0v) is 10.9. The number of hydrogen-bond donors (Lipinski definition) is 2. The van der Waals surface area contributed by atoms with Crippen molar-refractivity contribution in [2.45, 2.75) is 51.0 Å². The topological polar surface area (TPSA) is 32.3 Å². The van der Waals surface area contributed by atoms with Gasteiger partial charge in [0.25, 0.3) is 0 Å². The number of benzene rings is 1. The molecule has 0 saturated heterocycles. The molecule has 2 aliphatic rings. The summed E-state index contributed by atoms with van der Waals surface area (Å²) in [7, 11) is 0. The Hall–Kier alpha value is -1.18. The average molecular weight is 245 g/mol. The van der Waals surface area contributed by atoms with Crippen LogP contribution in [0.1, 0.15) is 44.9 Å². The average Bonchev–Trinajstić information content (AvgIpc) is 2.39. The second-order valence-electron chi connectivity index (χ2n) is 6.01. The number of nitrogens with one attached hydrogen (secondary N) is 1. The van der Waals surface area contributed by atoms with Gasteiger partial charge < -0.3 is 10.4 Å². The minimum Gasteiger partial charge on any atom is -0.508 e. The second kappa shape index (κ2) is 5.21. The summed E-state index contributed by atoms with van der Waals surface area (Å²) < 4.78 is 0. The van der Waals surface area contributed by atoms with Gasteiger partial charge in [0, 0.05) is 17.8 Å². The molecule has 3 unspecified atom stereocenters. The van der Waals surface area contributed by atoms with Crippen LogP contribution in [0.15, 0.2) is 24.3 Å². The molecular weight excluding hydrogens is 222 g/mol.